The van der Waals surface area contributed by atoms with Gasteiger partial charge < -0.3 is 9.47 Å². The molecule has 2 aliphatic rings. The van der Waals surface area contributed by atoms with E-state index in [1.807, 2.05) is 24.3 Å². The van der Waals surface area contributed by atoms with Crippen LogP contribution in [0.3, 0.4) is 0 Å². The number of hydrogen-bond acceptors (Lipinski definition) is 6. The van der Waals surface area contributed by atoms with Gasteiger partial charge in [-0.15, -0.1) is 0 Å². The fraction of sp³-hybridized carbons (Fsp3) is 0.421. The number of ether oxygens (including phenoxy) is 2. The lowest BCUT2D eigenvalue weighted by molar-refractivity contribution is -0.143. The number of fused-ring (bicyclic) bond motifs is 1. The lowest BCUT2D eigenvalue weighted by Gasteiger charge is -2.39. The molecule has 138 valence electrons. The molecule has 0 N–H and O–H groups in total. The Morgan fingerprint density at radius 3 is 2.62 bits per heavy atom. The molecule has 2 heterocycles. The highest BCUT2D eigenvalue weighted by atomic mass is 32.2. The SMILES string of the molecule is COc1ccc([C@H]2C(C(=O)OC(C)C)=C(C)N=C3SCCC(=O)N32)cc1. The zero-order valence-corrected chi connectivity index (χ0v) is 16.1. The van der Waals surface area contributed by atoms with Crippen molar-refractivity contribution in [3.05, 3.63) is 41.1 Å². The standard InChI is InChI=1S/C19H22N2O4S/c1-11(2)25-18(23)16-12(3)20-19-21(15(22)9-10-26-19)17(16)13-5-7-14(24-4)8-6-13/h5-8,11,17H,9-10H2,1-4H3/t17-/m0/s1. The summed E-state index contributed by atoms with van der Waals surface area (Å²) in [5.41, 5.74) is 1.82. The van der Waals surface area contributed by atoms with Gasteiger partial charge in [-0.2, -0.15) is 0 Å². The van der Waals surface area contributed by atoms with Gasteiger partial charge in [0.05, 0.1) is 30.5 Å². The number of allylic oxidation sites excluding steroid dienone is 1. The Bertz CT molecular complexity index is 783. The second-order valence-electron chi connectivity index (χ2n) is 6.39. The number of carbonyl (C=O) groups excluding carboxylic acids is 2. The number of methoxy groups -OCH3 is 1. The van der Waals surface area contributed by atoms with Crippen molar-refractivity contribution < 1.29 is 19.1 Å². The Labute approximate surface area is 157 Å². The summed E-state index contributed by atoms with van der Waals surface area (Å²) < 4.78 is 10.7. The van der Waals surface area contributed by atoms with Gasteiger partial charge in [0.2, 0.25) is 5.91 Å². The molecule has 6 nitrogen and oxygen atoms in total. The minimum Gasteiger partial charge on any atom is -0.497 e. The summed E-state index contributed by atoms with van der Waals surface area (Å²) in [6.45, 7) is 5.39. The largest absolute Gasteiger partial charge is 0.497 e. The van der Waals surface area contributed by atoms with Crippen molar-refractivity contribution in [2.24, 2.45) is 4.99 Å². The third kappa shape index (κ3) is 3.49. The maximum absolute atomic E-state index is 12.8. The average Bonchev–Trinajstić information content (AvgIpc) is 2.60. The number of benzene rings is 1. The van der Waals surface area contributed by atoms with Crippen LogP contribution in [-0.4, -0.2) is 40.9 Å². The molecule has 0 bridgehead atoms. The molecule has 2 aliphatic heterocycles. The maximum atomic E-state index is 12.8. The summed E-state index contributed by atoms with van der Waals surface area (Å²) in [6, 6.07) is 6.84. The third-order valence-electron chi connectivity index (χ3n) is 4.20. The zero-order chi connectivity index (χ0) is 18.8. The van der Waals surface area contributed by atoms with Crippen LogP contribution < -0.4 is 4.74 Å². The fourth-order valence-electron chi connectivity index (χ4n) is 3.04. The van der Waals surface area contributed by atoms with E-state index < -0.39 is 12.0 Å². The number of carbonyl (C=O) groups is 2. The average molecular weight is 374 g/mol. The first-order valence-corrected chi connectivity index (χ1v) is 9.50. The Hall–Kier alpha value is -2.28. The molecule has 0 unspecified atom stereocenters. The zero-order valence-electron chi connectivity index (χ0n) is 15.3. The number of aliphatic imine (C=N–C) groups is 1. The molecule has 0 saturated carbocycles. The minimum absolute atomic E-state index is 0.0364. The number of amides is 1. The first kappa shape index (κ1) is 18.5. The van der Waals surface area contributed by atoms with E-state index in [4.69, 9.17) is 9.47 Å². The van der Waals surface area contributed by atoms with Gasteiger partial charge >= 0.3 is 5.97 Å². The number of amidine groups is 1. The molecule has 0 spiro atoms. The monoisotopic (exact) mass is 374 g/mol. The van der Waals surface area contributed by atoms with Crippen LogP contribution >= 0.6 is 11.8 Å². The molecule has 1 aromatic rings. The Morgan fingerprint density at radius 2 is 2.00 bits per heavy atom. The first-order chi connectivity index (χ1) is 12.4. The molecule has 1 amide bonds. The molecular weight excluding hydrogens is 352 g/mol. The minimum atomic E-state index is -0.542. The number of esters is 1. The smallest absolute Gasteiger partial charge is 0.338 e. The summed E-state index contributed by atoms with van der Waals surface area (Å²) in [5, 5.41) is 0.640. The number of hydrogen-bond donors (Lipinski definition) is 0. The molecule has 3 rings (SSSR count). The van der Waals surface area contributed by atoms with Crippen molar-refractivity contribution >= 4 is 28.8 Å². The number of thioether (sulfide) groups is 1. The van der Waals surface area contributed by atoms with Crippen LogP contribution in [-0.2, 0) is 14.3 Å². The second-order valence-corrected chi connectivity index (χ2v) is 7.45. The first-order valence-electron chi connectivity index (χ1n) is 8.51. The second kappa shape index (κ2) is 7.53. The van der Waals surface area contributed by atoms with Gasteiger partial charge in [-0.25, -0.2) is 9.79 Å². The predicted octanol–water partition coefficient (Wildman–Crippen LogP) is 3.30. The third-order valence-corrected chi connectivity index (χ3v) is 5.16. The van der Waals surface area contributed by atoms with E-state index in [0.29, 0.717) is 34.4 Å². The molecule has 7 heteroatoms. The van der Waals surface area contributed by atoms with Crippen molar-refractivity contribution in [3.8, 4) is 5.75 Å². The van der Waals surface area contributed by atoms with Gasteiger partial charge in [-0.3, -0.25) is 9.69 Å². The van der Waals surface area contributed by atoms with Gasteiger partial charge in [0.15, 0.2) is 5.17 Å². The lowest BCUT2D eigenvalue weighted by Crippen LogP contribution is -2.46. The highest BCUT2D eigenvalue weighted by molar-refractivity contribution is 8.14. The van der Waals surface area contributed by atoms with E-state index in [-0.39, 0.29) is 12.0 Å². The molecule has 0 radical (unpaired) electrons. The van der Waals surface area contributed by atoms with Crippen molar-refractivity contribution in [3.63, 3.8) is 0 Å². The summed E-state index contributed by atoms with van der Waals surface area (Å²) >= 11 is 1.53. The van der Waals surface area contributed by atoms with E-state index in [9.17, 15) is 9.59 Å². The number of nitrogens with zero attached hydrogens (tertiary/aromatic N) is 2. The lowest BCUT2D eigenvalue weighted by atomic mass is 9.94. The van der Waals surface area contributed by atoms with Gasteiger partial charge in [-0.1, -0.05) is 23.9 Å². The van der Waals surface area contributed by atoms with E-state index in [0.717, 1.165) is 5.56 Å². The highest BCUT2D eigenvalue weighted by Crippen LogP contribution is 2.40. The Balaban J connectivity index is 2.11. The van der Waals surface area contributed by atoms with E-state index in [1.54, 1.807) is 32.8 Å². The van der Waals surface area contributed by atoms with Gasteiger partial charge in [0.1, 0.15) is 5.75 Å². The summed E-state index contributed by atoms with van der Waals surface area (Å²) in [4.78, 5) is 31.6. The van der Waals surface area contributed by atoms with Crippen molar-refractivity contribution in [2.75, 3.05) is 12.9 Å². The quantitative estimate of drug-likeness (QED) is 0.757. The Kier molecular flexibility index (Phi) is 5.36. The molecule has 1 aromatic carbocycles. The maximum Gasteiger partial charge on any atom is 0.338 e. The molecule has 0 aromatic heterocycles. The topological polar surface area (TPSA) is 68.2 Å². The Morgan fingerprint density at radius 1 is 1.31 bits per heavy atom. The molecule has 26 heavy (non-hydrogen) atoms. The van der Waals surface area contributed by atoms with E-state index in [2.05, 4.69) is 4.99 Å². The summed E-state index contributed by atoms with van der Waals surface area (Å²) in [7, 11) is 1.60. The molecule has 1 atom stereocenters. The van der Waals surface area contributed by atoms with Crippen LogP contribution in [0.25, 0.3) is 0 Å². The number of rotatable bonds is 4. The highest BCUT2D eigenvalue weighted by Gasteiger charge is 2.41. The molecular formula is C19H22N2O4S. The van der Waals surface area contributed by atoms with E-state index >= 15 is 0 Å². The van der Waals surface area contributed by atoms with Gasteiger partial charge in [-0.05, 0) is 38.5 Å². The van der Waals surface area contributed by atoms with Crippen LogP contribution in [0.5, 0.6) is 5.75 Å². The van der Waals surface area contributed by atoms with Crippen LogP contribution in [0.4, 0.5) is 0 Å². The fourth-order valence-corrected chi connectivity index (χ4v) is 4.04. The van der Waals surface area contributed by atoms with E-state index in [1.165, 1.54) is 11.8 Å². The van der Waals surface area contributed by atoms with Crippen molar-refractivity contribution in [2.45, 2.75) is 39.3 Å². The summed E-state index contributed by atoms with van der Waals surface area (Å²) in [5.74, 6) is 0.933. The molecule has 1 fully saturated rings. The van der Waals surface area contributed by atoms with Crippen molar-refractivity contribution in [1.29, 1.82) is 0 Å². The van der Waals surface area contributed by atoms with Crippen LogP contribution in [0.1, 0.15) is 38.8 Å². The van der Waals surface area contributed by atoms with Gasteiger partial charge in [0.25, 0.3) is 0 Å². The van der Waals surface area contributed by atoms with Gasteiger partial charge in [0, 0.05) is 12.2 Å². The van der Waals surface area contributed by atoms with Crippen LogP contribution in [0.2, 0.25) is 0 Å². The summed E-state index contributed by atoms with van der Waals surface area (Å²) in [6.07, 6.45) is 0.165. The van der Waals surface area contributed by atoms with Crippen LogP contribution in [0.15, 0.2) is 40.5 Å². The molecule has 0 aliphatic carbocycles. The molecule has 1 saturated heterocycles. The predicted molar refractivity (Wildman–Crippen MR) is 101 cm³/mol. The van der Waals surface area contributed by atoms with Crippen molar-refractivity contribution in [1.82, 2.24) is 4.90 Å². The van der Waals surface area contributed by atoms with Crippen LogP contribution in [0, 0.1) is 0 Å². The normalized spacial score (nSPS) is 20.0.